The number of benzene rings is 3. The predicted molar refractivity (Wildman–Crippen MR) is 134 cm³/mol. The topological polar surface area (TPSA) is 105 Å². The van der Waals surface area contributed by atoms with Crippen LogP contribution < -0.4 is 10.6 Å². The fourth-order valence-electron chi connectivity index (χ4n) is 4.43. The van der Waals surface area contributed by atoms with E-state index in [0.717, 1.165) is 22.3 Å². The van der Waals surface area contributed by atoms with Crippen LogP contribution in [0.5, 0.6) is 0 Å². The van der Waals surface area contributed by atoms with Crippen LogP contribution in [-0.2, 0) is 9.53 Å². The molecule has 180 valence electrons. The van der Waals surface area contributed by atoms with E-state index < -0.39 is 12.1 Å². The van der Waals surface area contributed by atoms with Gasteiger partial charge < -0.3 is 15.2 Å². The molecule has 1 aliphatic rings. The number of anilines is 1. The molecule has 3 aromatic rings. The van der Waals surface area contributed by atoms with Gasteiger partial charge in [0.1, 0.15) is 6.61 Å². The Hall–Kier alpha value is -4.13. The lowest BCUT2D eigenvalue weighted by atomic mass is 9.98. The largest absolute Gasteiger partial charge is 0.481 e. The van der Waals surface area contributed by atoms with E-state index in [0.29, 0.717) is 24.1 Å². The second-order valence-electron chi connectivity index (χ2n) is 8.69. The van der Waals surface area contributed by atoms with Crippen LogP contribution in [0, 0.1) is 0 Å². The van der Waals surface area contributed by atoms with Crippen molar-refractivity contribution in [3.8, 4) is 11.1 Å². The molecule has 0 bridgehead atoms. The highest BCUT2D eigenvalue weighted by atomic mass is 16.5. The summed E-state index contributed by atoms with van der Waals surface area (Å²) in [5.41, 5.74) is 5.44. The minimum atomic E-state index is -0.851. The Balaban J connectivity index is 1.33. The summed E-state index contributed by atoms with van der Waals surface area (Å²) in [5, 5.41) is 14.3. The summed E-state index contributed by atoms with van der Waals surface area (Å²) >= 11 is 0. The standard InChI is InChI=1S/C28H28N2O5/c1-18(8-6-15-26(31)32)29-27(33)19-9-7-10-20(16-19)30-28(34)35-17-25-23-13-4-2-11-21(23)22-12-3-5-14-24(22)25/h2-5,7,9-14,16,18,25H,6,8,15,17H2,1H3,(H,29,33)(H,30,34)(H,31,32). The van der Waals surface area contributed by atoms with Crippen molar-refractivity contribution in [3.05, 3.63) is 89.5 Å². The molecular formula is C28H28N2O5. The number of hydrogen-bond acceptors (Lipinski definition) is 4. The van der Waals surface area contributed by atoms with E-state index >= 15 is 0 Å². The molecule has 3 N–H and O–H groups in total. The van der Waals surface area contributed by atoms with Gasteiger partial charge in [0.2, 0.25) is 0 Å². The molecule has 0 fully saturated rings. The molecule has 0 heterocycles. The Kier molecular flexibility index (Phi) is 7.45. The SMILES string of the molecule is CC(CCCC(=O)O)NC(=O)c1cccc(NC(=O)OCC2c3ccccc3-c3ccccc32)c1. The van der Waals surface area contributed by atoms with Crippen molar-refractivity contribution < 1.29 is 24.2 Å². The van der Waals surface area contributed by atoms with Crippen molar-refractivity contribution in [1.82, 2.24) is 5.32 Å². The predicted octanol–water partition coefficient (Wildman–Crippen LogP) is 5.42. The lowest BCUT2D eigenvalue weighted by Gasteiger charge is -2.15. The number of carboxylic acid groups (broad SMARTS) is 1. The minimum absolute atomic E-state index is 0.0344. The number of fused-ring (bicyclic) bond motifs is 3. The monoisotopic (exact) mass is 472 g/mol. The summed E-state index contributed by atoms with van der Waals surface area (Å²) in [4.78, 5) is 35.7. The van der Waals surface area contributed by atoms with Crippen molar-refractivity contribution in [2.45, 2.75) is 38.1 Å². The minimum Gasteiger partial charge on any atom is -0.481 e. The van der Waals surface area contributed by atoms with Gasteiger partial charge in [-0.25, -0.2) is 4.79 Å². The van der Waals surface area contributed by atoms with Gasteiger partial charge in [0, 0.05) is 29.6 Å². The number of rotatable bonds is 9. The van der Waals surface area contributed by atoms with Crippen molar-refractivity contribution in [1.29, 1.82) is 0 Å². The fraction of sp³-hybridized carbons (Fsp3) is 0.250. The highest BCUT2D eigenvalue weighted by Gasteiger charge is 2.29. The quantitative estimate of drug-likeness (QED) is 0.386. The number of carboxylic acids is 1. The van der Waals surface area contributed by atoms with Gasteiger partial charge in [-0.3, -0.25) is 14.9 Å². The van der Waals surface area contributed by atoms with E-state index in [2.05, 4.69) is 34.9 Å². The highest BCUT2D eigenvalue weighted by Crippen LogP contribution is 2.44. The fourth-order valence-corrected chi connectivity index (χ4v) is 4.43. The van der Waals surface area contributed by atoms with Gasteiger partial charge in [0.25, 0.3) is 5.91 Å². The van der Waals surface area contributed by atoms with Gasteiger partial charge in [-0.1, -0.05) is 54.6 Å². The van der Waals surface area contributed by atoms with Gasteiger partial charge >= 0.3 is 12.1 Å². The maximum atomic E-state index is 12.6. The molecule has 1 unspecified atom stereocenters. The molecule has 7 nitrogen and oxygen atoms in total. The molecule has 35 heavy (non-hydrogen) atoms. The number of carbonyl (C=O) groups excluding carboxylic acids is 2. The molecule has 7 heteroatoms. The first-order chi connectivity index (χ1) is 16.9. The average Bonchev–Trinajstić information content (AvgIpc) is 3.16. The summed E-state index contributed by atoms with van der Waals surface area (Å²) in [5.74, 6) is -1.17. The second-order valence-corrected chi connectivity index (χ2v) is 8.69. The molecule has 1 aliphatic carbocycles. The van der Waals surface area contributed by atoms with Crippen LogP contribution >= 0.6 is 0 Å². The Bertz CT molecular complexity index is 1190. The Morgan fingerprint density at radius 1 is 0.943 bits per heavy atom. The maximum Gasteiger partial charge on any atom is 0.411 e. The second kappa shape index (κ2) is 10.9. The Morgan fingerprint density at radius 3 is 2.26 bits per heavy atom. The third kappa shape index (κ3) is 5.87. The third-order valence-corrected chi connectivity index (χ3v) is 6.12. The van der Waals surface area contributed by atoms with Crippen LogP contribution in [0.25, 0.3) is 11.1 Å². The summed E-state index contributed by atoms with van der Waals surface area (Å²) in [7, 11) is 0. The van der Waals surface area contributed by atoms with Gasteiger partial charge in [-0.05, 0) is 60.2 Å². The molecule has 2 amide bonds. The number of aliphatic carboxylic acids is 1. The molecule has 0 saturated heterocycles. The number of carbonyl (C=O) groups is 3. The van der Waals surface area contributed by atoms with Crippen LogP contribution in [0.2, 0.25) is 0 Å². The van der Waals surface area contributed by atoms with Crippen LogP contribution in [0.3, 0.4) is 0 Å². The molecule has 0 radical (unpaired) electrons. The van der Waals surface area contributed by atoms with Crippen molar-refractivity contribution in [2.24, 2.45) is 0 Å². The summed E-state index contributed by atoms with van der Waals surface area (Å²) in [6.07, 6.45) is 0.529. The molecule has 0 aliphatic heterocycles. The van der Waals surface area contributed by atoms with Crippen LogP contribution in [0.15, 0.2) is 72.8 Å². The summed E-state index contributed by atoms with van der Waals surface area (Å²) in [6.45, 7) is 2.03. The first-order valence-corrected chi connectivity index (χ1v) is 11.7. The lowest BCUT2D eigenvalue weighted by molar-refractivity contribution is -0.137. The third-order valence-electron chi connectivity index (χ3n) is 6.12. The van der Waals surface area contributed by atoms with Gasteiger partial charge in [-0.2, -0.15) is 0 Å². The zero-order chi connectivity index (χ0) is 24.8. The van der Waals surface area contributed by atoms with Gasteiger partial charge in [0.15, 0.2) is 0 Å². The van der Waals surface area contributed by atoms with Crippen LogP contribution in [0.1, 0.15) is 53.6 Å². The Labute approximate surface area is 204 Å². The maximum absolute atomic E-state index is 12.6. The van der Waals surface area contributed by atoms with E-state index in [9.17, 15) is 14.4 Å². The van der Waals surface area contributed by atoms with Gasteiger partial charge in [0.05, 0.1) is 0 Å². The molecular weight excluding hydrogens is 444 g/mol. The van der Waals surface area contributed by atoms with Gasteiger partial charge in [-0.15, -0.1) is 0 Å². The average molecular weight is 473 g/mol. The van der Waals surface area contributed by atoms with Crippen molar-refractivity contribution in [3.63, 3.8) is 0 Å². The number of ether oxygens (including phenoxy) is 1. The first-order valence-electron chi connectivity index (χ1n) is 11.7. The highest BCUT2D eigenvalue weighted by molar-refractivity contribution is 5.96. The van der Waals surface area contributed by atoms with Crippen molar-refractivity contribution in [2.75, 3.05) is 11.9 Å². The van der Waals surface area contributed by atoms with E-state index in [1.807, 2.05) is 31.2 Å². The smallest absolute Gasteiger partial charge is 0.411 e. The Morgan fingerprint density at radius 2 is 1.60 bits per heavy atom. The molecule has 3 aromatic carbocycles. The van der Waals surface area contributed by atoms with E-state index in [1.165, 1.54) is 0 Å². The molecule has 0 spiro atoms. The first kappa shape index (κ1) is 24.0. The zero-order valence-electron chi connectivity index (χ0n) is 19.5. The normalized spacial score (nSPS) is 12.8. The van der Waals surface area contributed by atoms with Crippen molar-refractivity contribution >= 4 is 23.7 Å². The van der Waals surface area contributed by atoms with E-state index in [-0.39, 0.29) is 30.9 Å². The van der Waals surface area contributed by atoms with E-state index in [4.69, 9.17) is 9.84 Å². The lowest BCUT2D eigenvalue weighted by Crippen LogP contribution is -2.32. The summed E-state index contributed by atoms with van der Waals surface area (Å²) in [6, 6.07) is 22.7. The molecule has 1 atom stereocenters. The molecule has 0 saturated carbocycles. The molecule has 0 aromatic heterocycles. The number of amides is 2. The zero-order valence-corrected chi connectivity index (χ0v) is 19.5. The number of nitrogens with one attached hydrogen (secondary N) is 2. The summed E-state index contributed by atoms with van der Waals surface area (Å²) < 4.78 is 5.57. The van der Waals surface area contributed by atoms with Crippen LogP contribution in [-0.4, -0.2) is 35.7 Å². The van der Waals surface area contributed by atoms with Crippen LogP contribution in [0.4, 0.5) is 10.5 Å². The number of hydrogen-bond donors (Lipinski definition) is 3. The van der Waals surface area contributed by atoms with E-state index in [1.54, 1.807) is 24.3 Å². The molecule has 4 rings (SSSR count).